The fraction of sp³-hybridized carbons (Fsp3) is 0.333. The average Bonchev–Trinajstić information content (AvgIpc) is 2.72. The molecule has 0 saturated carbocycles. The lowest BCUT2D eigenvalue weighted by Crippen LogP contribution is -3.13. The molecule has 0 unspecified atom stereocenters. The molecular weight excluding hydrogens is 378 g/mol. The van der Waals surface area contributed by atoms with Crippen molar-refractivity contribution in [1.82, 2.24) is 9.88 Å². The molecule has 6 nitrogen and oxygen atoms in total. The first-order valence-corrected chi connectivity index (χ1v) is 9.59. The molecule has 0 radical (unpaired) electrons. The van der Waals surface area contributed by atoms with Crippen LogP contribution in [0.1, 0.15) is 11.1 Å². The topological polar surface area (TPSA) is 56.1 Å². The molecule has 1 aliphatic heterocycles. The van der Waals surface area contributed by atoms with Crippen molar-refractivity contribution in [3.8, 4) is 11.5 Å². The van der Waals surface area contributed by atoms with Crippen molar-refractivity contribution < 1.29 is 19.2 Å². The normalized spacial score (nSPS) is 15.0. The predicted octanol–water partition coefficient (Wildman–Crippen LogP) is 1.69. The summed E-state index contributed by atoms with van der Waals surface area (Å²) in [5.74, 6) is 1.03. The molecular formula is C21H25ClN3O3+. The van der Waals surface area contributed by atoms with E-state index in [1.54, 1.807) is 38.5 Å². The highest BCUT2D eigenvalue weighted by atomic mass is 35.5. The molecule has 1 N–H and O–H groups in total. The minimum Gasteiger partial charge on any atom is -0.493 e. The maximum absolute atomic E-state index is 12.5. The van der Waals surface area contributed by atoms with Crippen LogP contribution in [0.4, 0.5) is 0 Å². The zero-order valence-electron chi connectivity index (χ0n) is 16.2. The quantitative estimate of drug-likeness (QED) is 0.747. The van der Waals surface area contributed by atoms with Gasteiger partial charge >= 0.3 is 0 Å². The van der Waals surface area contributed by atoms with Crippen molar-refractivity contribution in [1.29, 1.82) is 0 Å². The first-order valence-electron chi connectivity index (χ1n) is 9.21. The van der Waals surface area contributed by atoms with Crippen LogP contribution in [0.15, 0.2) is 42.7 Å². The van der Waals surface area contributed by atoms with Gasteiger partial charge in [-0.2, -0.15) is 0 Å². The number of hydrogen-bond donors (Lipinski definition) is 1. The van der Waals surface area contributed by atoms with Crippen LogP contribution in [0.2, 0.25) is 5.02 Å². The number of rotatable bonds is 6. The van der Waals surface area contributed by atoms with E-state index in [0.29, 0.717) is 16.5 Å². The minimum atomic E-state index is 0.00821. The van der Waals surface area contributed by atoms with E-state index >= 15 is 0 Å². The largest absolute Gasteiger partial charge is 0.493 e. The van der Waals surface area contributed by atoms with Crippen LogP contribution in [0.25, 0.3) is 6.08 Å². The van der Waals surface area contributed by atoms with Gasteiger partial charge in [0.05, 0.1) is 45.4 Å². The number of amides is 1. The molecule has 3 rings (SSSR count). The standard InChI is InChI=1S/C21H24ClN3O3/c1-27-19-14-17(13-18(22)21(19)28-2)3-4-20(26)25-11-9-24(10-12-25)15-16-5-7-23-8-6-16/h3-8,13-14H,9-12,15H2,1-2H3/p+1/b4-3+. The number of carbonyl (C=O) groups excluding carboxylic acids is 1. The molecule has 0 atom stereocenters. The molecule has 0 spiro atoms. The number of quaternary nitrogens is 1. The summed E-state index contributed by atoms with van der Waals surface area (Å²) in [5, 5.41) is 0.447. The van der Waals surface area contributed by atoms with Gasteiger partial charge < -0.3 is 19.3 Å². The molecule has 1 aromatic heterocycles. The van der Waals surface area contributed by atoms with Crippen molar-refractivity contribution in [2.24, 2.45) is 0 Å². The van der Waals surface area contributed by atoms with Crippen molar-refractivity contribution in [3.05, 3.63) is 58.9 Å². The predicted molar refractivity (Wildman–Crippen MR) is 109 cm³/mol. The Morgan fingerprint density at radius 1 is 1.21 bits per heavy atom. The van der Waals surface area contributed by atoms with Crippen molar-refractivity contribution in [3.63, 3.8) is 0 Å². The average molecular weight is 403 g/mol. The van der Waals surface area contributed by atoms with Gasteiger partial charge in [-0.1, -0.05) is 11.6 Å². The smallest absolute Gasteiger partial charge is 0.246 e. The van der Waals surface area contributed by atoms with Crippen LogP contribution in [-0.4, -0.2) is 56.2 Å². The number of nitrogens with one attached hydrogen (secondary N) is 1. The Balaban J connectivity index is 1.56. The Bertz CT molecular complexity index is 834. The van der Waals surface area contributed by atoms with Crippen LogP contribution >= 0.6 is 11.6 Å². The third kappa shape index (κ3) is 5.03. The van der Waals surface area contributed by atoms with E-state index < -0.39 is 0 Å². The van der Waals surface area contributed by atoms with Gasteiger partial charge in [0.2, 0.25) is 5.91 Å². The second-order valence-corrected chi connectivity index (χ2v) is 7.09. The first-order chi connectivity index (χ1) is 13.6. The SMILES string of the molecule is COc1cc(/C=C/C(=O)N2CC[NH+](Cc3ccncc3)CC2)cc(Cl)c1OC. The molecule has 1 amide bonds. The van der Waals surface area contributed by atoms with Gasteiger partial charge in [-0.05, 0) is 35.9 Å². The summed E-state index contributed by atoms with van der Waals surface area (Å²) in [4.78, 5) is 19.9. The maximum Gasteiger partial charge on any atom is 0.246 e. The summed E-state index contributed by atoms with van der Waals surface area (Å²) < 4.78 is 10.5. The van der Waals surface area contributed by atoms with Gasteiger partial charge in [0.15, 0.2) is 11.5 Å². The lowest BCUT2D eigenvalue weighted by atomic mass is 10.1. The summed E-state index contributed by atoms with van der Waals surface area (Å²) >= 11 is 6.22. The van der Waals surface area contributed by atoms with E-state index in [2.05, 4.69) is 4.98 Å². The molecule has 0 bridgehead atoms. The Morgan fingerprint density at radius 3 is 2.57 bits per heavy atom. The van der Waals surface area contributed by atoms with Gasteiger partial charge in [-0.3, -0.25) is 9.78 Å². The van der Waals surface area contributed by atoms with E-state index in [0.717, 1.165) is 38.3 Å². The molecule has 2 aromatic rings. The van der Waals surface area contributed by atoms with Gasteiger partial charge in [-0.15, -0.1) is 0 Å². The monoisotopic (exact) mass is 402 g/mol. The first kappa shape index (κ1) is 20.2. The van der Waals surface area contributed by atoms with Crippen LogP contribution in [0, 0.1) is 0 Å². The zero-order chi connectivity index (χ0) is 19.9. The van der Waals surface area contributed by atoms with Crippen LogP contribution in [0.3, 0.4) is 0 Å². The van der Waals surface area contributed by atoms with Gasteiger partial charge in [0.1, 0.15) is 6.54 Å². The molecule has 7 heteroatoms. The van der Waals surface area contributed by atoms with Gasteiger partial charge in [0, 0.05) is 24.0 Å². The second-order valence-electron chi connectivity index (χ2n) is 6.68. The van der Waals surface area contributed by atoms with Crippen molar-refractivity contribution in [2.45, 2.75) is 6.54 Å². The Morgan fingerprint density at radius 2 is 1.93 bits per heavy atom. The number of pyridine rings is 1. The number of halogens is 1. The number of carbonyl (C=O) groups is 1. The van der Waals surface area contributed by atoms with Crippen LogP contribution in [-0.2, 0) is 11.3 Å². The molecule has 28 heavy (non-hydrogen) atoms. The van der Waals surface area contributed by atoms with Crippen molar-refractivity contribution in [2.75, 3.05) is 40.4 Å². The lowest BCUT2D eigenvalue weighted by molar-refractivity contribution is -0.917. The van der Waals surface area contributed by atoms with Crippen molar-refractivity contribution >= 4 is 23.6 Å². The fourth-order valence-electron chi connectivity index (χ4n) is 3.32. The minimum absolute atomic E-state index is 0.00821. The van der Waals surface area contributed by atoms with E-state index in [1.807, 2.05) is 29.4 Å². The second kappa shape index (κ2) is 9.57. The zero-order valence-corrected chi connectivity index (χ0v) is 16.9. The molecule has 2 heterocycles. The number of aromatic nitrogens is 1. The number of hydrogen-bond acceptors (Lipinski definition) is 4. The molecule has 1 saturated heterocycles. The third-order valence-corrected chi connectivity index (χ3v) is 5.14. The summed E-state index contributed by atoms with van der Waals surface area (Å²) in [5.41, 5.74) is 2.06. The number of methoxy groups -OCH3 is 2. The van der Waals surface area contributed by atoms with Gasteiger partial charge in [0.25, 0.3) is 0 Å². The Labute approximate surface area is 170 Å². The van der Waals surface area contributed by atoms with Gasteiger partial charge in [-0.25, -0.2) is 0 Å². The number of piperazine rings is 1. The summed E-state index contributed by atoms with van der Waals surface area (Å²) in [6.07, 6.45) is 6.98. The van der Waals surface area contributed by atoms with Crippen LogP contribution in [0.5, 0.6) is 11.5 Å². The molecule has 0 aliphatic carbocycles. The Kier molecular flexibility index (Phi) is 6.90. The highest BCUT2D eigenvalue weighted by Gasteiger charge is 2.22. The lowest BCUT2D eigenvalue weighted by Gasteiger charge is -2.31. The van der Waals surface area contributed by atoms with E-state index in [-0.39, 0.29) is 5.91 Å². The summed E-state index contributed by atoms with van der Waals surface area (Å²) in [6.45, 7) is 4.32. The third-order valence-electron chi connectivity index (χ3n) is 4.86. The summed E-state index contributed by atoms with van der Waals surface area (Å²) in [6, 6.07) is 7.64. The highest BCUT2D eigenvalue weighted by Crippen LogP contribution is 2.36. The molecule has 1 aliphatic rings. The number of nitrogens with zero attached hydrogens (tertiary/aromatic N) is 2. The summed E-state index contributed by atoms with van der Waals surface area (Å²) in [7, 11) is 3.10. The van der Waals surface area contributed by atoms with Crippen LogP contribution < -0.4 is 14.4 Å². The number of benzene rings is 1. The fourth-order valence-corrected chi connectivity index (χ4v) is 3.61. The highest BCUT2D eigenvalue weighted by molar-refractivity contribution is 6.32. The molecule has 1 aromatic carbocycles. The van der Waals surface area contributed by atoms with E-state index in [4.69, 9.17) is 21.1 Å². The van der Waals surface area contributed by atoms with E-state index in [9.17, 15) is 4.79 Å². The Hall–Kier alpha value is -2.57. The number of ether oxygens (including phenoxy) is 2. The molecule has 1 fully saturated rings. The maximum atomic E-state index is 12.5. The molecule has 148 valence electrons. The van der Waals surface area contributed by atoms with E-state index in [1.165, 1.54) is 10.5 Å².